The van der Waals surface area contributed by atoms with E-state index in [1.807, 2.05) is 31.2 Å². The quantitative estimate of drug-likeness (QED) is 0.443. The molecule has 0 fully saturated rings. The van der Waals surface area contributed by atoms with Gasteiger partial charge < -0.3 is 20.0 Å². The van der Waals surface area contributed by atoms with Gasteiger partial charge in [-0.15, -0.1) is 24.0 Å². The Morgan fingerprint density at radius 3 is 2.57 bits per heavy atom. The van der Waals surface area contributed by atoms with Gasteiger partial charge in [0.25, 0.3) is 0 Å². The molecule has 1 aromatic carbocycles. The van der Waals surface area contributed by atoms with Crippen LogP contribution in [0.2, 0.25) is 0 Å². The third-order valence-electron chi connectivity index (χ3n) is 3.49. The topological polar surface area (TPSA) is 69.9 Å². The maximum atomic E-state index is 11.6. The average molecular weight is 430 g/mol. The van der Waals surface area contributed by atoms with Crippen molar-refractivity contribution in [2.45, 2.75) is 13.5 Å². The van der Waals surface area contributed by atoms with E-state index in [2.05, 4.69) is 15.6 Å². The first kappa shape index (κ1) is 19.3. The molecule has 2 aromatic rings. The van der Waals surface area contributed by atoms with Gasteiger partial charge in [-0.05, 0) is 13.0 Å². The molecule has 0 unspecified atom stereocenters. The van der Waals surface area contributed by atoms with E-state index in [9.17, 15) is 4.79 Å². The van der Waals surface area contributed by atoms with Crippen molar-refractivity contribution in [2.24, 2.45) is 4.99 Å². The van der Waals surface area contributed by atoms with Crippen LogP contribution in [-0.2, 0) is 11.3 Å². The number of carbonyl (C=O) groups excluding carboxylic acids is 1. The summed E-state index contributed by atoms with van der Waals surface area (Å²) in [7, 11) is 5.11. The Bertz CT molecular complexity index is 694. The Morgan fingerprint density at radius 2 is 1.96 bits per heavy atom. The number of aryl methyl sites for hydroxylation is 1. The third-order valence-corrected chi connectivity index (χ3v) is 3.49. The molecular formula is C16H23IN4O2. The van der Waals surface area contributed by atoms with Crippen LogP contribution >= 0.6 is 24.0 Å². The first-order valence-corrected chi connectivity index (χ1v) is 7.14. The molecule has 23 heavy (non-hydrogen) atoms. The van der Waals surface area contributed by atoms with Gasteiger partial charge >= 0.3 is 0 Å². The van der Waals surface area contributed by atoms with Crippen molar-refractivity contribution in [1.29, 1.82) is 0 Å². The Kier molecular flexibility index (Phi) is 7.34. The Labute approximate surface area is 153 Å². The van der Waals surface area contributed by atoms with Crippen LogP contribution in [0.4, 0.5) is 0 Å². The number of guanidine groups is 1. The highest BCUT2D eigenvalue weighted by atomic mass is 127. The zero-order valence-electron chi connectivity index (χ0n) is 13.8. The number of fused-ring (bicyclic) bond motifs is 1. The van der Waals surface area contributed by atoms with Crippen molar-refractivity contribution in [2.75, 3.05) is 27.7 Å². The lowest BCUT2D eigenvalue weighted by Gasteiger charge is -2.14. The summed E-state index contributed by atoms with van der Waals surface area (Å²) in [5, 5.41) is 7.25. The maximum absolute atomic E-state index is 11.6. The van der Waals surface area contributed by atoms with Crippen LogP contribution in [-0.4, -0.2) is 44.5 Å². The average Bonchev–Trinajstić information content (AvgIpc) is 2.84. The minimum atomic E-state index is -0.0112. The SMILES string of the molecule is CN=C(NCC(=O)N(C)C)NCc1oc2ccccc2c1C.I. The van der Waals surface area contributed by atoms with Gasteiger partial charge in [-0.3, -0.25) is 9.79 Å². The summed E-state index contributed by atoms with van der Waals surface area (Å²) in [5.41, 5.74) is 1.99. The molecule has 0 atom stereocenters. The van der Waals surface area contributed by atoms with Crippen LogP contribution in [0.5, 0.6) is 0 Å². The van der Waals surface area contributed by atoms with Gasteiger partial charge in [-0.1, -0.05) is 18.2 Å². The number of hydrogen-bond acceptors (Lipinski definition) is 3. The lowest BCUT2D eigenvalue weighted by molar-refractivity contribution is -0.127. The highest BCUT2D eigenvalue weighted by Gasteiger charge is 2.11. The van der Waals surface area contributed by atoms with E-state index in [0.717, 1.165) is 22.3 Å². The van der Waals surface area contributed by atoms with Crippen molar-refractivity contribution < 1.29 is 9.21 Å². The van der Waals surface area contributed by atoms with Crippen LogP contribution in [0.15, 0.2) is 33.7 Å². The molecule has 1 aromatic heterocycles. The molecular weight excluding hydrogens is 407 g/mol. The number of rotatable bonds is 4. The van der Waals surface area contributed by atoms with Gasteiger partial charge in [0.2, 0.25) is 5.91 Å². The molecule has 0 radical (unpaired) electrons. The molecule has 2 N–H and O–H groups in total. The predicted molar refractivity (Wildman–Crippen MR) is 103 cm³/mol. The lowest BCUT2D eigenvalue weighted by atomic mass is 10.1. The van der Waals surface area contributed by atoms with Gasteiger partial charge in [0, 0.05) is 32.1 Å². The lowest BCUT2D eigenvalue weighted by Crippen LogP contribution is -2.42. The number of carbonyl (C=O) groups is 1. The van der Waals surface area contributed by atoms with Crippen molar-refractivity contribution >= 4 is 46.8 Å². The summed E-state index contributed by atoms with van der Waals surface area (Å²) in [4.78, 5) is 17.2. The molecule has 1 amide bonds. The number of nitrogens with one attached hydrogen (secondary N) is 2. The smallest absolute Gasteiger partial charge is 0.241 e. The molecule has 0 bridgehead atoms. The fourth-order valence-corrected chi connectivity index (χ4v) is 2.10. The number of aliphatic imine (C=N–C) groups is 1. The van der Waals surface area contributed by atoms with Crippen molar-refractivity contribution in [1.82, 2.24) is 15.5 Å². The highest BCUT2D eigenvalue weighted by Crippen LogP contribution is 2.24. The molecule has 0 spiro atoms. The summed E-state index contributed by atoms with van der Waals surface area (Å²) >= 11 is 0. The number of nitrogens with zero attached hydrogens (tertiary/aromatic N) is 2. The molecule has 0 aliphatic heterocycles. The second-order valence-electron chi connectivity index (χ2n) is 5.21. The number of halogens is 1. The monoisotopic (exact) mass is 430 g/mol. The fourth-order valence-electron chi connectivity index (χ4n) is 2.10. The number of benzene rings is 1. The number of hydrogen-bond donors (Lipinski definition) is 2. The van der Waals surface area contributed by atoms with Crippen molar-refractivity contribution in [3.8, 4) is 0 Å². The molecule has 1 heterocycles. The number of amides is 1. The zero-order valence-corrected chi connectivity index (χ0v) is 16.2. The molecule has 0 aliphatic carbocycles. The van der Waals surface area contributed by atoms with Gasteiger partial charge in [-0.25, -0.2) is 0 Å². The van der Waals surface area contributed by atoms with Crippen molar-refractivity contribution in [3.05, 3.63) is 35.6 Å². The third kappa shape index (κ3) is 4.85. The van der Waals surface area contributed by atoms with E-state index in [1.54, 1.807) is 21.1 Å². The largest absolute Gasteiger partial charge is 0.459 e. The number of para-hydroxylation sites is 1. The summed E-state index contributed by atoms with van der Waals surface area (Å²) in [6.07, 6.45) is 0. The number of furan rings is 1. The van der Waals surface area contributed by atoms with E-state index in [1.165, 1.54) is 4.90 Å². The molecule has 0 saturated heterocycles. The van der Waals surface area contributed by atoms with E-state index >= 15 is 0 Å². The second-order valence-corrected chi connectivity index (χ2v) is 5.21. The van der Waals surface area contributed by atoms with Gasteiger partial charge in [-0.2, -0.15) is 0 Å². The molecule has 6 nitrogen and oxygen atoms in total. The van der Waals surface area contributed by atoms with E-state index < -0.39 is 0 Å². The molecule has 0 saturated carbocycles. The van der Waals surface area contributed by atoms with E-state index in [4.69, 9.17) is 4.42 Å². The van der Waals surface area contributed by atoms with Crippen LogP contribution in [0.25, 0.3) is 11.0 Å². The maximum Gasteiger partial charge on any atom is 0.241 e. The number of likely N-dealkylation sites (N-methyl/N-ethyl adjacent to an activating group) is 1. The molecule has 0 aliphatic rings. The van der Waals surface area contributed by atoms with Gasteiger partial charge in [0.15, 0.2) is 5.96 Å². The fraction of sp³-hybridized carbons (Fsp3) is 0.375. The Hall–Kier alpha value is -1.77. The summed E-state index contributed by atoms with van der Waals surface area (Å²) in [5.74, 6) is 1.42. The van der Waals surface area contributed by atoms with Crippen molar-refractivity contribution in [3.63, 3.8) is 0 Å². The summed E-state index contributed by atoms with van der Waals surface area (Å²) in [6.45, 7) is 2.75. The minimum Gasteiger partial charge on any atom is -0.459 e. The van der Waals surface area contributed by atoms with Gasteiger partial charge in [0.05, 0.1) is 13.1 Å². The van der Waals surface area contributed by atoms with Crippen LogP contribution in [0, 0.1) is 6.92 Å². The van der Waals surface area contributed by atoms with Crippen LogP contribution in [0.1, 0.15) is 11.3 Å². The first-order valence-electron chi connectivity index (χ1n) is 7.14. The summed E-state index contributed by atoms with van der Waals surface area (Å²) in [6, 6.07) is 7.94. The van der Waals surface area contributed by atoms with E-state index in [-0.39, 0.29) is 36.4 Å². The normalized spacial score (nSPS) is 11.0. The van der Waals surface area contributed by atoms with Crippen LogP contribution in [0.3, 0.4) is 0 Å². The Balaban J connectivity index is 0.00000264. The minimum absolute atomic E-state index is 0. The second kappa shape index (κ2) is 8.76. The zero-order chi connectivity index (χ0) is 16.1. The summed E-state index contributed by atoms with van der Waals surface area (Å²) < 4.78 is 5.84. The first-order chi connectivity index (χ1) is 10.5. The molecule has 126 valence electrons. The van der Waals surface area contributed by atoms with Gasteiger partial charge in [0.1, 0.15) is 11.3 Å². The highest BCUT2D eigenvalue weighted by molar-refractivity contribution is 14.0. The van der Waals surface area contributed by atoms with Crippen LogP contribution < -0.4 is 10.6 Å². The molecule has 7 heteroatoms. The Morgan fingerprint density at radius 1 is 1.26 bits per heavy atom. The molecule has 2 rings (SSSR count). The standard InChI is InChI=1S/C16H22N4O2.HI/c1-11-12-7-5-6-8-13(12)22-14(11)9-18-16(17-2)19-10-15(21)20(3)4;/h5-8H,9-10H2,1-4H3,(H2,17,18,19);1H. The van der Waals surface area contributed by atoms with E-state index in [0.29, 0.717) is 12.5 Å². The predicted octanol–water partition coefficient (Wildman–Crippen LogP) is 2.11.